The highest BCUT2D eigenvalue weighted by atomic mass is 28.5. The minimum Gasteiger partial charge on any atom is -0.420 e. The summed E-state index contributed by atoms with van der Waals surface area (Å²) < 4.78 is 17.7. The third kappa shape index (κ3) is 3.49. The molecule has 2 fully saturated rings. The molecule has 7 heteroatoms. The molecule has 1 aliphatic carbocycles. The Hall–Kier alpha value is 0.491. The Balaban J connectivity index is 1.90. The van der Waals surface area contributed by atoms with E-state index < -0.39 is 27.3 Å². The minimum absolute atomic E-state index is 0.617. The van der Waals surface area contributed by atoms with Crippen molar-refractivity contribution in [1.82, 2.24) is 4.98 Å². The van der Waals surface area contributed by atoms with Crippen LogP contribution in [0.3, 0.4) is 0 Å². The maximum absolute atomic E-state index is 6.00. The summed E-state index contributed by atoms with van der Waals surface area (Å²) >= 11 is 0. The van der Waals surface area contributed by atoms with Gasteiger partial charge in [-0.3, -0.25) is 4.98 Å². The number of nitrogens with one attached hydrogen (secondary N) is 1. The Morgan fingerprint density at radius 2 is 1.62 bits per heavy atom. The van der Waals surface area contributed by atoms with Gasteiger partial charge in [0.15, 0.2) is 0 Å². The fraction of sp³-hybridized carbons (Fsp3) is 1.00. The topological polar surface area (TPSA) is 39.7 Å². The molecule has 16 heavy (non-hydrogen) atoms. The van der Waals surface area contributed by atoms with Crippen molar-refractivity contribution in [2.24, 2.45) is 0 Å². The quantitative estimate of drug-likeness (QED) is 0.771. The van der Waals surface area contributed by atoms with E-state index >= 15 is 0 Å². The second-order valence-corrected chi connectivity index (χ2v) is 12.4. The molecule has 2 aliphatic rings. The third-order valence-electron chi connectivity index (χ3n) is 3.24. The molecule has 0 aromatic heterocycles. The first kappa shape index (κ1) is 12.9. The van der Waals surface area contributed by atoms with Crippen LogP contribution in [0.5, 0.6) is 0 Å². The van der Waals surface area contributed by atoms with Crippen LogP contribution in [0.2, 0.25) is 19.6 Å². The van der Waals surface area contributed by atoms with E-state index in [0.717, 1.165) is 0 Å². The molecule has 2 rings (SSSR count). The highest BCUT2D eigenvalue weighted by Gasteiger charge is 2.43. The maximum atomic E-state index is 6.00. The lowest BCUT2D eigenvalue weighted by Crippen LogP contribution is -2.65. The zero-order valence-electron chi connectivity index (χ0n) is 10.5. The lowest BCUT2D eigenvalue weighted by Gasteiger charge is -2.41. The van der Waals surface area contributed by atoms with Gasteiger partial charge in [-0.15, -0.1) is 0 Å². The van der Waals surface area contributed by atoms with Gasteiger partial charge < -0.3 is 12.3 Å². The lowest BCUT2D eigenvalue weighted by molar-refractivity contribution is 0.244. The fourth-order valence-corrected chi connectivity index (χ4v) is 13.6. The fourth-order valence-electron chi connectivity index (χ4n) is 2.67. The van der Waals surface area contributed by atoms with Gasteiger partial charge in [-0.2, -0.15) is 0 Å². The summed E-state index contributed by atoms with van der Waals surface area (Å²) in [5, 5.41) is 0. The Kier molecular flexibility index (Phi) is 4.38. The van der Waals surface area contributed by atoms with E-state index in [9.17, 15) is 0 Å². The van der Waals surface area contributed by atoms with Gasteiger partial charge in [-0.1, -0.05) is 19.3 Å². The summed E-state index contributed by atoms with van der Waals surface area (Å²) in [5.74, 6) is 0. The average Bonchev–Trinajstić information content (AvgIpc) is 2.15. The Labute approximate surface area is 103 Å². The van der Waals surface area contributed by atoms with Crippen molar-refractivity contribution in [3.05, 3.63) is 0 Å². The molecule has 94 valence electrons. The van der Waals surface area contributed by atoms with Crippen LogP contribution in [0.15, 0.2) is 0 Å². The second kappa shape index (κ2) is 5.42. The Bertz CT molecular complexity index is 228. The molecule has 0 spiro atoms. The van der Waals surface area contributed by atoms with E-state index in [2.05, 4.69) is 24.6 Å². The molecule has 0 amide bonds. The van der Waals surface area contributed by atoms with Crippen LogP contribution in [0, 0.1) is 0 Å². The molecule has 4 nitrogen and oxygen atoms in total. The van der Waals surface area contributed by atoms with Gasteiger partial charge in [-0.05, 0) is 32.5 Å². The number of rotatable bonds is 2. The largest absolute Gasteiger partial charge is 0.420 e. The summed E-state index contributed by atoms with van der Waals surface area (Å²) in [5.41, 5.74) is 0. The van der Waals surface area contributed by atoms with E-state index in [1.807, 2.05) is 0 Å². The van der Waals surface area contributed by atoms with Gasteiger partial charge in [0.25, 0.3) is 0 Å². The summed E-state index contributed by atoms with van der Waals surface area (Å²) in [7, 11) is -4.93. The summed E-state index contributed by atoms with van der Waals surface area (Å²) in [6.45, 7) is 6.37. The number of hydrogen-bond acceptors (Lipinski definition) is 4. The van der Waals surface area contributed by atoms with Gasteiger partial charge >= 0.3 is 27.3 Å². The first-order valence-corrected chi connectivity index (χ1v) is 12.9. The molecular weight excluding hydrogens is 254 g/mol. The highest BCUT2D eigenvalue weighted by Crippen LogP contribution is 2.22. The normalized spacial score (nSPS) is 42.2. The monoisotopic (exact) mass is 277 g/mol. The molecule has 0 radical (unpaired) electrons. The van der Waals surface area contributed by atoms with Crippen molar-refractivity contribution in [2.45, 2.75) is 57.8 Å². The van der Waals surface area contributed by atoms with Crippen molar-refractivity contribution in [3.63, 3.8) is 0 Å². The molecule has 0 bridgehead atoms. The van der Waals surface area contributed by atoms with Crippen molar-refractivity contribution in [2.75, 3.05) is 0 Å². The molecule has 2 atom stereocenters. The first-order chi connectivity index (χ1) is 7.57. The van der Waals surface area contributed by atoms with Crippen LogP contribution >= 0.6 is 0 Å². The molecule has 2 unspecified atom stereocenters. The summed E-state index contributed by atoms with van der Waals surface area (Å²) in [6.07, 6.45) is 6.64. The van der Waals surface area contributed by atoms with Crippen LogP contribution < -0.4 is 4.98 Å². The van der Waals surface area contributed by atoms with Crippen LogP contribution in [0.25, 0.3) is 0 Å². The van der Waals surface area contributed by atoms with E-state index in [1.165, 1.54) is 32.1 Å². The third-order valence-corrected chi connectivity index (χ3v) is 13.5. The Morgan fingerprint density at radius 3 is 2.19 bits per heavy atom. The molecule has 1 aliphatic heterocycles. The zero-order chi connectivity index (χ0) is 11.6. The molecule has 0 aromatic carbocycles. The van der Waals surface area contributed by atoms with Crippen molar-refractivity contribution in [1.29, 1.82) is 0 Å². The van der Waals surface area contributed by atoms with Gasteiger partial charge in [0, 0.05) is 6.04 Å². The van der Waals surface area contributed by atoms with E-state index in [-0.39, 0.29) is 0 Å². The predicted molar refractivity (Wildman–Crippen MR) is 70.9 cm³/mol. The maximum Gasteiger partial charge on any atom is 0.403 e. The zero-order valence-corrected chi connectivity index (χ0v) is 13.8. The molecule has 0 aromatic rings. The van der Waals surface area contributed by atoms with Crippen molar-refractivity contribution in [3.8, 4) is 0 Å². The standard InChI is InChI=1S/C9H23NO3Si3/c1-14-11-15(2)13-16(3,12-14)10-9-7-5-4-6-8-9/h9-10,14-15H,4-8H2,1-3H3. The minimum atomic E-state index is -2.10. The lowest BCUT2D eigenvalue weighted by atomic mass is 9.96. The first-order valence-electron chi connectivity index (χ1n) is 6.36. The van der Waals surface area contributed by atoms with Crippen molar-refractivity contribution >= 4 is 27.3 Å². The molecule has 1 saturated carbocycles. The second-order valence-electron chi connectivity index (χ2n) is 4.93. The summed E-state index contributed by atoms with van der Waals surface area (Å²) in [4.78, 5) is 3.68. The van der Waals surface area contributed by atoms with Gasteiger partial charge in [-0.25, -0.2) is 0 Å². The highest BCUT2D eigenvalue weighted by molar-refractivity contribution is 6.80. The molecule has 1 saturated heterocycles. The van der Waals surface area contributed by atoms with E-state index in [1.54, 1.807) is 0 Å². The number of hydrogen-bond donors (Lipinski definition) is 1. The van der Waals surface area contributed by atoms with Crippen molar-refractivity contribution < 1.29 is 12.3 Å². The van der Waals surface area contributed by atoms with E-state index in [4.69, 9.17) is 12.3 Å². The SMILES string of the molecule is C[SiH]1O[SiH](C)O[Si](C)(NC2CCCCC2)O1. The summed E-state index contributed by atoms with van der Waals surface area (Å²) in [6, 6.07) is 0.617. The average molecular weight is 278 g/mol. The van der Waals surface area contributed by atoms with Crippen LogP contribution in [-0.2, 0) is 12.3 Å². The Morgan fingerprint density at radius 1 is 1.06 bits per heavy atom. The molecular formula is C9H23NO3Si3. The van der Waals surface area contributed by atoms with Crippen LogP contribution in [-0.4, -0.2) is 33.3 Å². The van der Waals surface area contributed by atoms with Crippen LogP contribution in [0.1, 0.15) is 32.1 Å². The molecule has 1 heterocycles. The molecule has 1 N–H and O–H groups in total. The van der Waals surface area contributed by atoms with Gasteiger partial charge in [0.2, 0.25) is 0 Å². The van der Waals surface area contributed by atoms with Crippen LogP contribution in [0.4, 0.5) is 0 Å². The smallest absolute Gasteiger partial charge is 0.403 e. The van der Waals surface area contributed by atoms with Gasteiger partial charge in [0.1, 0.15) is 0 Å². The predicted octanol–water partition coefficient (Wildman–Crippen LogP) is 1.24. The van der Waals surface area contributed by atoms with Gasteiger partial charge in [0.05, 0.1) is 0 Å². The van der Waals surface area contributed by atoms with E-state index in [0.29, 0.717) is 6.04 Å².